The highest BCUT2D eigenvalue weighted by Crippen LogP contribution is 2.32. The van der Waals surface area contributed by atoms with Gasteiger partial charge in [0.15, 0.2) is 12.4 Å². The summed E-state index contributed by atoms with van der Waals surface area (Å²) in [6.07, 6.45) is -4.19. The van der Waals surface area contributed by atoms with Crippen molar-refractivity contribution in [3.63, 3.8) is 0 Å². The molecule has 2 aromatic rings. The normalized spacial score (nSPS) is 11.0. The number of carbonyl (C=O) groups excluding carboxylic acids is 2. The monoisotopic (exact) mass is 437 g/mol. The Balaban J connectivity index is 2.02. The second-order valence-electron chi connectivity index (χ2n) is 5.10. The van der Waals surface area contributed by atoms with E-state index in [-0.39, 0.29) is 16.4 Å². The maximum absolute atomic E-state index is 12.5. The van der Waals surface area contributed by atoms with Crippen molar-refractivity contribution >= 4 is 46.6 Å². The molecule has 0 spiro atoms. The Morgan fingerprint density at radius 3 is 2.46 bits per heavy atom. The van der Waals surface area contributed by atoms with Crippen LogP contribution in [0.4, 0.5) is 24.7 Å². The minimum Gasteiger partial charge on any atom is -0.452 e. The highest BCUT2D eigenvalue weighted by atomic mass is 35.5. The molecule has 0 radical (unpaired) electrons. The Hall–Kier alpha value is -2.92. The van der Waals surface area contributed by atoms with Gasteiger partial charge in [0.1, 0.15) is 0 Å². The number of halogens is 5. The predicted molar refractivity (Wildman–Crippen MR) is 91.3 cm³/mol. The molecule has 2 rings (SSSR count). The molecule has 0 aliphatic heterocycles. The molecule has 0 atom stereocenters. The van der Waals surface area contributed by atoms with Crippen LogP contribution in [0.5, 0.6) is 0 Å². The summed E-state index contributed by atoms with van der Waals surface area (Å²) in [5.41, 5.74) is -1.86. The van der Waals surface area contributed by atoms with Gasteiger partial charge in [-0.15, -0.1) is 0 Å². The minimum atomic E-state index is -4.66. The van der Waals surface area contributed by atoms with Gasteiger partial charge in [-0.1, -0.05) is 23.2 Å². The number of esters is 1. The van der Waals surface area contributed by atoms with E-state index in [1.54, 1.807) is 0 Å². The van der Waals surface area contributed by atoms with Crippen molar-refractivity contribution < 1.29 is 32.4 Å². The van der Waals surface area contributed by atoms with Crippen LogP contribution >= 0.6 is 23.2 Å². The standard InChI is InChI=1S/C15H8Cl2F3N3O5/c16-10-2-1-8(23(26)27)4-9(10)14(25)28-6-12(24)22-13-11(17)3-7(5-21-13)15(18,19)20/h1-5H,6H2,(H,21,22,24). The van der Waals surface area contributed by atoms with Crippen molar-refractivity contribution in [2.75, 3.05) is 11.9 Å². The summed E-state index contributed by atoms with van der Waals surface area (Å²) >= 11 is 11.4. The Morgan fingerprint density at radius 2 is 1.89 bits per heavy atom. The number of benzene rings is 1. The number of nitro groups is 1. The summed E-state index contributed by atoms with van der Waals surface area (Å²) in [4.78, 5) is 37.1. The van der Waals surface area contributed by atoms with E-state index in [1.807, 2.05) is 0 Å². The zero-order chi connectivity index (χ0) is 21.1. The predicted octanol–water partition coefficient (Wildman–Crippen LogP) is 4.11. The number of nitrogens with one attached hydrogen (secondary N) is 1. The molecular formula is C15H8Cl2F3N3O5. The first-order chi connectivity index (χ1) is 13.0. The molecule has 0 bridgehead atoms. The number of hydrogen-bond donors (Lipinski definition) is 1. The quantitative estimate of drug-likeness (QED) is 0.427. The van der Waals surface area contributed by atoms with Gasteiger partial charge in [-0.25, -0.2) is 9.78 Å². The molecule has 0 unspecified atom stereocenters. The van der Waals surface area contributed by atoms with Crippen molar-refractivity contribution in [3.8, 4) is 0 Å². The number of nitrogens with zero attached hydrogens (tertiary/aromatic N) is 2. The fourth-order valence-corrected chi connectivity index (χ4v) is 2.25. The third-order valence-corrected chi connectivity index (χ3v) is 3.76. The molecular weight excluding hydrogens is 430 g/mol. The van der Waals surface area contributed by atoms with E-state index in [9.17, 15) is 32.9 Å². The summed E-state index contributed by atoms with van der Waals surface area (Å²) in [6, 6.07) is 3.63. The van der Waals surface area contributed by atoms with Crippen LogP contribution in [0.3, 0.4) is 0 Å². The first kappa shape index (κ1) is 21.4. The number of ether oxygens (including phenoxy) is 1. The van der Waals surface area contributed by atoms with E-state index in [4.69, 9.17) is 23.2 Å². The number of non-ortho nitro benzene ring substituents is 1. The van der Waals surface area contributed by atoms with Gasteiger partial charge in [0.2, 0.25) is 0 Å². The van der Waals surface area contributed by atoms with Gasteiger partial charge in [-0.3, -0.25) is 14.9 Å². The summed E-state index contributed by atoms with van der Waals surface area (Å²) in [5, 5.41) is 12.2. The lowest BCUT2D eigenvalue weighted by molar-refractivity contribution is -0.384. The van der Waals surface area contributed by atoms with Crippen molar-refractivity contribution in [2.24, 2.45) is 0 Å². The van der Waals surface area contributed by atoms with Gasteiger partial charge < -0.3 is 10.1 Å². The third-order valence-electron chi connectivity index (χ3n) is 3.14. The largest absolute Gasteiger partial charge is 0.452 e. The fourth-order valence-electron chi connectivity index (χ4n) is 1.85. The van der Waals surface area contributed by atoms with E-state index in [0.29, 0.717) is 12.3 Å². The molecule has 1 heterocycles. The molecule has 8 nitrogen and oxygen atoms in total. The minimum absolute atomic E-state index is 0.136. The topological polar surface area (TPSA) is 111 Å². The van der Waals surface area contributed by atoms with Gasteiger partial charge in [0.05, 0.1) is 26.1 Å². The molecule has 1 aromatic carbocycles. The number of alkyl halides is 3. The molecule has 0 aliphatic carbocycles. The second kappa shape index (κ2) is 8.40. The molecule has 0 aliphatic rings. The SMILES string of the molecule is O=C(COC(=O)c1cc([N+](=O)[O-])ccc1Cl)Nc1ncc(C(F)(F)F)cc1Cl. The van der Waals surface area contributed by atoms with Gasteiger partial charge >= 0.3 is 12.1 Å². The zero-order valence-corrected chi connectivity index (χ0v) is 14.9. The van der Waals surface area contributed by atoms with Gasteiger partial charge in [-0.05, 0) is 12.1 Å². The molecule has 0 saturated carbocycles. The maximum atomic E-state index is 12.5. The number of amides is 1. The second-order valence-corrected chi connectivity index (χ2v) is 5.91. The number of hydrogen-bond acceptors (Lipinski definition) is 6. The van der Waals surface area contributed by atoms with Crippen molar-refractivity contribution in [3.05, 3.63) is 61.7 Å². The van der Waals surface area contributed by atoms with Crippen molar-refractivity contribution in [2.45, 2.75) is 6.18 Å². The lowest BCUT2D eigenvalue weighted by Gasteiger charge is -2.10. The Bertz CT molecular complexity index is 953. The average Bonchev–Trinajstić information content (AvgIpc) is 2.60. The highest BCUT2D eigenvalue weighted by Gasteiger charge is 2.31. The van der Waals surface area contributed by atoms with Crippen LogP contribution in [0.2, 0.25) is 10.0 Å². The van der Waals surface area contributed by atoms with E-state index < -0.39 is 45.9 Å². The van der Waals surface area contributed by atoms with Crippen LogP contribution in [0, 0.1) is 10.1 Å². The number of nitro benzene ring substituents is 1. The average molecular weight is 438 g/mol. The Labute approximate surface area is 164 Å². The number of rotatable bonds is 5. The van der Waals surface area contributed by atoms with E-state index in [0.717, 1.165) is 18.2 Å². The lowest BCUT2D eigenvalue weighted by Crippen LogP contribution is -2.22. The van der Waals surface area contributed by atoms with Crippen molar-refractivity contribution in [1.82, 2.24) is 4.98 Å². The Morgan fingerprint density at radius 1 is 1.21 bits per heavy atom. The van der Waals surface area contributed by atoms with E-state index >= 15 is 0 Å². The molecule has 148 valence electrons. The molecule has 13 heteroatoms. The van der Waals surface area contributed by atoms with Crippen LogP contribution in [0.25, 0.3) is 0 Å². The maximum Gasteiger partial charge on any atom is 0.417 e. The van der Waals surface area contributed by atoms with E-state index in [2.05, 4.69) is 15.0 Å². The number of pyridine rings is 1. The summed E-state index contributed by atoms with van der Waals surface area (Å²) in [7, 11) is 0. The van der Waals surface area contributed by atoms with E-state index in [1.165, 1.54) is 0 Å². The zero-order valence-electron chi connectivity index (χ0n) is 13.4. The first-order valence-electron chi connectivity index (χ1n) is 7.12. The lowest BCUT2D eigenvalue weighted by atomic mass is 10.2. The van der Waals surface area contributed by atoms with Crippen molar-refractivity contribution in [1.29, 1.82) is 0 Å². The summed E-state index contributed by atoms with van der Waals surface area (Å²) in [6.45, 7) is -0.864. The first-order valence-corrected chi connectivity index (χ1v) is 7.88. The summed E-state index contributed by atoms with van der Waals surface area (Å²) in [5.74, 6) is -2.44. The molecule has 1 aromatic heterocycles. The van der Waals surface area contributed by atoms with Gasteiger partial charge in [-0.2, -0.15) is 13.2 Å². The highest BCUT2D eigenvalue weighted by molar-refractivity contribution is 6.34. The van der Waals surface area contributed by atoms with Crippen LogP contribution < -0.4 is 5.32 Å². The van der Waals surface area contributed by atoms with Gasteiger partial charge in [0, 0.05) is 18.3 Å². The molecule has 1 N–H and O–H groups in total. The smallest absolute Gasteiger partial charge is 0.417 e. The molecule has 28 heavy (non-hydrogen) atoms. The fraction of sp³-hybridized carbons (Fsp3) is 0.133. The van der Waals surface area contributed by atoms with Crippen LogP contribution in [-0.2, 0) is 15.7 Å². The van der Waals surface area contributed by atoms with Crippen LogP contribution in [0.1, 0.15) is 15.9 Å². The molecule has 0 saturated heterocycles. The third kappa shape index (κ3) is 5.30. The van der Waals surface area contributed by atoms with Gasteiger partial charge in [0.25, 0.3) is 11.6 Å². The van der Waals surface area contributed by atoms with Crippen LogP contribution in [0.15, 0.2) is 30.5 Å². The molecule has 1 amide bonds. The molecule has 0 fully saturated rings. The number of anilines is 1. The Kier molecular flexibility index (Phi) is 6.41. The summed E-state index contributed by atoms with van der Waals surface area (Å²) < 4.78 is 42.3. The number of carbonyl (C=O) groups is 2. The number of aromatic nitrogens is 1. The van der Waals surface area contributed by atoms with Crippen LogP contribution in [-0.4, -0.2) is 28.4 Å².